The van der Waals surface area contributed by atoms with E-state index in [1.165, 1.54) is 56.2 Å². The van der Waals surface area contributed by atoms with Gasteiger partial charge in [0.05, 0.1) is 6.42 Å². The van der Waals surface area contributed by atoms with E-state index in [1.807, 2.05) is 0 Å². The van der Waals surface area contributed by atoms with Crippen molar-refractivity contribution < 1.29 is 4.79 Å². The Bertz CT molecular complexity index is 591. The maximum Gasteiger partial charge on any atom is 0.227 e. The number of fused-ring (bicyclic) bond motifs is 1. The summed E-state index contributed by atoms with van der Waals surface area (Å²) < 4.78 is 0. The van der Waals surface area contributed by atoms with Crippen LogP contribution in [0.25, 0.3) is 0 Å². The van der Waals surface area contributed by atoms with Crippen LogP contribution in [0.15, 0.2) is 24.3 Å². The fourth-order valence-electron chi connectivity index (χ4n) is 5.18. The zero-order valence-corrected chi connectivity index (χ0v) is 15.6. The molecule has 1 aromatic carbocycles. The topological polar surface area (TPSA) is 23.6 Å². The molecule has 4 rings (SSSR count). The average Bonchev–Trinajstić information content (AvgIpc) is 3.06. The molecule has 3 heteroatoms. The lowest BCUT2D eigenvalue weighted by Crippen LogP contribution is -2.37. The summed E-state index contributed by atoms with van der Waals surface area (Å²) in [6.45, 7) is 4.29. The highest BCUT2D eigenvalue weighted by Gasteiger charge is 2.37. The monoisotopic (exact) mass is 340 g/mol. The zero-order valence-electron chi connectivity index (χ0n) is 15.6. The normalized spacial score (nSPS) is 28.1. The molecule has 0 spiro atoms. The number of amides is 1. The number of nitrogens with zero attached hydrogens (tertiary/aromatic N) is 2. The van der Waals surface area contributed by atoms with Gasteiger partial charge in [-0.15, -0.1) is 0 Å². The highest BCUT2D eigenvalue weighted by atomic mass is 16.2. The number of piperidine rings is 1. The first-order valence-electron chi connectivity index (χ1n) is 10.2. The smallest absolute Gasteiger partial charge is 0.227 e. The molecular weight excluding hydrogens is 308 g/mol. The van der Waals surface area contributed by atoms with Crippen LogP contribution in [0.2, 0.25) is 0 Å². The van der Waals surface area contributed by atoms with E-state index in [1.54, 1.807) is 0 Å². The van der Waals surface area contributed by atoms with Gasteiger partial charge < -0.3 is 9.80 Å². The van der Waals surface area contributed by atoms with Gasteiger partial charge in [0.15, 0.2) is 0 Å². The van der Waals surface area contributed by atoms with Crippen molar-refractivity contribution in [1.29, 1.82) is 0 Å². The number of carbonyl (C=O) groups is 1. The van der Waals surface area contributed by atoms with E-state index in [4.69, 9.17) is 0 Å². The summed E-state index contributed by atoms with van der Waals surface area (Å²) in [5.41, 5.74) is 2.66. The van der Waals surface area contributed by atoms with Crippen LogP contribution < -0.4 is 0 Å². The minimum Gasteiger partial charge on any atom is -0.342 e. The van der Waals surface area contributed by atoms with Gasteiger partial charge in [-0.1, -0.05) is 43.5 Å². The number of carbonyl (C=O) groups excluding carboxylic acids is 1. The molecule has 1 saturated carbocycles. The summed E-state index contributed by atoms with van der Waals surface area (Å²) in [4.78, 5) is 17.3. The van der Waals surface area contributed by atoms with Crippen LogP contribution in [-0.2, 0) is 11.2 Å². The molecule has 0 aromatic heterocycles. The first kappa shape index (κ1) is 17.1. The molecule has 2 saturated heterocycles. The molecule has 1 aliphatic carbocycles. The lowest BCUT2D eigenvalue weighted by atomic mass is 9.84. The van der Waals surface area contributed by atoms with E-state index in [9.17, 15) is 4.79 Å². The Morgan fingerprint density at radius 1 is 0.960 bits per heavy atom. The number of rotatable bonds is 3. The summed E-state index contributed by atoms with van der Waals surface area (Å²) in [7, 11) is 2.20. The third kappa shape index (κ3) is 3.92. The molecule has 2 atom stereocenters. The van der Waals surface area contributed by atoms with Crippen molar-refractivity contribution in [1.82, 2.24) is 9.80 Å². The Morgan fingerprint density at radius 2 is 1.68 bits per heavy atom. The van der Waals surface area contributed by atoms with Gasteiger partial charge in [-0.2, -0.15) is 0 Å². The maximum atomic E-state index is 12.7. The number of likely N-dealkylation sites (tertiary alicyclic amines) is 2. The second-order valence-electron chi connectivity index (χ2n) is 8.62. The molecule has 0 N–H and O–H groups in total. The molecule has 3 nitrogen and oxygen atoms in total. The average molecular weight is 341 g/mol. The molecule has 2 aliphatic heterocycles. The zero-order chi connectivity index (χ0) is 17.2. The van der Waals surface area contributed by atoms with Crippen molar-refractivity contribution in [3.05, 3.63) is 35.4 Å². The summed E-state index contributed by atoms with van der Waals surface area (Å²) in [6, 6.07) is 8.94. The van der Waals surface area contributed by atoms with E-state index in [2.05, 4.69) is 41.1 Å². The van der Waals surface area contributed by atoms with Crippen molar-refractivity contribution in [3.63, 3.8) is 0 Å². The molecular formula is C22H32N2O. The minimum atomic E-state index is 0.322. The molecule has 25 heavy (non-hydrogen) atoms. The standard InChI is InChI=1S/C22H32N2O/c1-23-12-11-20-15-24(16-21(20)14-23)22(25)13-17-7-9-19(10-8-17)18-5-3-2-4-6-18/h7-10,18,20-21H,2-6,11-16H2,1H3/t20-,21+/m1/s1. The molecule has 1 amide bonds. The summed E-state index contributed by atoms with van der Waals surface area (Å²) in [5, 5.41) is 0. The lowest BCUT2D eigenvalue weighted by molar-refractivity contribution is -0.129. The highest BCUT2D eigenvalue weighted by molar-refractivity contribution is 5.79. The number of benzene rings is 1. The largest absolute Gasteiger partial charge is 0.342 e. The predicted octanol–water partition coefficient (Wildman–Crippen LogP) is 3.69. The van der Waals surface area contributed by atoms with Crippen molar-refractivity contribution >= 4 is 5.91 Å². The highest BCUT2D eigenvalue weighted by Crippen LogP contribution is 2.33. The summed E-state index contributed by atoms with van der Waals surface area (Å²) in [5.74, 6) is 2.49. The van der Waals surface area contributed by atoms with Crippen molar-refractivity contribution in [2.45, 2.75) is 50.9 Å². The van der Waals surface area contributed by atoms with Gasteiger partial charge in [-0.05, 0) is 61.7 Å². The van der Waals surface area contributed by atoms with Crippen molar-refractivity contribution in [3.8, 4) is 0 Å². The third-order valence-corrected chi connectivity index (χ3v) is 6.77. The Hall–Kier alpha value is -1.35. The second-order valence-corrected chi connectivity index (χ2v) is 8.62. The second kappa shape index (κ2) is 7.49. The van der Waals surface area contributed by atoms with Crippen LogP contribution in [-0.4, -0.2) is 48.9 Å². The molecule has 0 unspecified atom stereocenters. The fourth-order valence-corrected chi connectivity index (χ4v) is 5.18. The van der Waals surface area contributed by atoms with E-state index in [-0.39, 0.29) is 0 Å². The lowest BCUT2D eigenvalue weighted by Gasteiger charge is -2.31. The van der Waals surface area contributed by atoms with E-state index >= 15 is 0 Å². The summed E-state index contributed by atoms with van der Waals surface area (Å²) in [6.07, 6.45) is 8.64. The Balaban J connectivity index is 1.33. The van der Waals surface area contributed by atoms with Gasteiger partial charge in [-0.25, -0.2) is 0 Å². The molecule has 3 aliphatic rings. The van der Waals surface area contributed by atoms with Crippen molar-refractivity contribution in [2.75, 3.05) is 33.2 Å². The van der Waals surface area contributed by atoms with Crippen LogP contribution in [0.4, 0.5) is 0 Å². The third-order valence-electron chi connectivity index (χ3n) is 6.77. The minimum absolute atomic E-state index is 0.322. The first-order chi connectivity index (χ1) is 12.2. The van der Waals surface area contributed by atoms with Crippen LogP contribution in [0.1, 0.15) is 55.6 Å². The van der Waals surface area contributed by atoms with Gasteiger partial charge in [0.25, 0.3) is 0 Å². The molecule has 2 heterocycles. The van der Waals surface area contributed by atoms with E-state index in [0.29, 0.717) is 18.2 Å². The van der Waals surface area contributed by atoms with E-state index < -0.39 is 0 Å². The molecule has 136 valence electrons. The van der Waals surface area contributed by atoms with Gasteiger partial charge in [0.1, 0.15) is 0 Å². The van der Waals surface area contributed by atoms with E-state index in [0.717, 1.165) is 31.5 Å². The first-order valence-corrected chi connectivity index (χ1v) is 10.2. The number of hydrogen-bond acceptors (Lipinski definition) is 2. The number of hydrogen-bond donors (Lipinski definition) is 0. The van der Waals surface area contributed by atoms with Crippen molar-refractivity contribution in [2.24, 2.45) is 11.8 Å². The Kier molecular flexibility index (Phi) is 5.12. The maximum absolute atomic E-state index is 12.7. The van der Waals surface area contributed by atoms with Crippen LogP contribution >= 0.6 is 0 Å². The van der Waals surface area contributed by atoms with Crippen LogP contribution in [0, 0.1) is 11.8 Å². The fraction of sp³-hybridized carbons (Fsp3) is 0.682. The Morgan fingerprint density at radius 3 is 2.44 bits per heavy atom. The molecule has 3 fully saturated rings. The van der Waals surface area contributed by atoms with Gasteiger partial charge in [0, 0.05) is 19.6 Å². The molecule has 1 aromatic rings. The SMILES string of the molecule is CN1CC[C@@H]2CN(C(=O)Cc3ccc(C4CCCCC4)cc3)C[C@@H]2C1. The predicted molar refractivity (Wildman–Crippen MR) is 102 cm³/mol. The molecule has 0 radical (unpaired) electrons. The quantitative estimate of drug-likeness (QED) is 0.838. The van der Waals surface area contributed by atoms with Gasteiger partial charge in [0.2, 0.25) is 5.91 Å². The van der Waals surface area contributed by atoms with Gasteiger partial charge >= 0.3 is 0 Å². The molecule has 0 bridgehead atoms. The summed E-state index contributed by atoms with van der Waals surface area (Å²) >= 11 is 0. The Labute approximate surface area is 152 Å². The van der Waals surface area contributed by atoms with Gasteiger partial charge in [-0.3, -0.25) is 4.79 Å². The van der Waals surface area contributed by atoms with Crippen LogP contribution in [0.5, 0.6) is 0 Å². The van der Waals surface area contributed by atoms with Crippen LogP contribution in [0.3, 0.4) is 0 Å².